The van der Waals surface area contributed by atoms with Crippen molar-refractivity contribution in [2.75, 3.05) is 11.4 Å². The number of fused-ring (bicyclic) bond motifs is 1. The van der Waals surface area contributed by atoms with Crippen LogP contribution in [0.3, 0.4) is 0 Å². The molecule has 3 N–H and O–H groups in total. The Morgan fingerprint density at radius 2 is 2.17 bits per heavy atom. The number of para-hydroxylation sites is 1. The van der Waals surface area contributed by atoms with Crippen molar-refractivity contribution in [3.63, 3.8) is 0 Å². The highest BCUT2D eigenvalue weighted by atomic mass is 35.5. The van der Waals surface area contributed by atoms with Gasteiger partial charge in [-0.1, -0.05) is 12.1 Å². The lowest BCUT2D eigenvalue weighted by Gasteiger charge is -2.20. The molecule has 1 heterocycles. The molecule has 1 amide bonds. The van der Waals surface area contributed by atoms with E-state index in [0.29, 0.717) is 5.69 Å². The van der Waals surface area contributed by atoms with Crippen molar-refractivity contribution < 1.29 is 14.7 Å². The smallest absolute Gasteiger partial charge is 0.323 e. The summed E-state index contributed by atoms with van der Waals surface area (Å²) in [5.74, 6) is -1.29. The molecule has 1 aromatic carbocycles. The zero-order valence-electron chi connectivity index (χ0n) is 9.41. The number of amides is 1. The maximum absolute atomic E-state index is 11.9. The Kier molecular flexibility index (Phi) is 5.01. The van der Waals surface area contributed by atoms with E-state index in [1.807, 2.05) is 12.1 Å². The first-order valence-electron chi connectivity index (χ1n) is 5.11. The van der Waals surface area contributed by atoms with Gasteiger partial charge in [-0.25, -0.2) is 0 Å². The predicted molar refractivity (Wildman–Crippen MR) is 72.1 cm³/mol. The number of thioether (sulfide) groups is 1. The number of nitrogens with zero attached hydrogens (tertiary/aromatic N) is 1. The number of carbonyl (C=O) groups is 2. The third-order valence-corrected chi connectivity index (χ3v) is 3.47. The van der Waals surface area contributed by atoms with Gasteiger partial charge in [0.25, 0.3) is 0 Å². The zero-order chi connectivity index (χ0) is 12.4. The van der Waals surface area contributed by atoms with Gasteiger partial charge in [0.15, 0.2) is 0 Å². The number of nitrogens with two attached hydrogens (primary N) is 1. The molecule has 1 unspecified atom stereocenters. The molecule has 0 saturated heterocycles. The fourth-order valence-corrected chi connectivity index (χ4v) is 2.72. The van der Waals surface area contributed by atoms with Crippen LogP contribution in [0.2, 0.25) is 0 Å². The highest BCUT2D eigenvalue weighted by Crippen LogP contribution is 2.35. The van der Waals surface area contributed by atoms with Crippen LogP contribution < -0.4 is 10.6 Å². The summed E-state index contributed by atoms with van der Waals surface area (Å²) in [6, 6.07) is 7.19. The van der Waals surface area contributed by atoms with Gasteiger partial charge in [0.05, 0.1) is 17.5 Å². The van der Waals surface area contributed by atoms with Crippen molar-refractivity contribution in [2.45, 2.75) is 16.7 Å². The standard InChI is InChI=1S/C11H12N2O3S.ClH/c12-9-5-10(14)13(6-11(15)16)7-3-1-2-4-8(7)17-9;/h1-4,9H,5-6,12H2,(H,15,16);1H. The fraction of sp³-hybridized carbons (Fsp3) is 0.273. The molecule has 2 rings (SSSR count). The van der Waals surface area contributed by atoms with Crippen molar-refractivity contribution >= 4 is 41.7 Å². The number of halogens is 1. The largest absolute Gasteiger partial charge is 0.480 e. The van der Waals surface area contributed by atoms with Crippen molar-refractivity contribution in [1.29, 1.82) is 0 Å². The first-order chi connectivity index (χ1) is 8.08. The van der Waals surface area contributed by atoms with Crippen molar-refractivity contribution in [3.8, 4) is 0 Å². The molecule has 5 nitrogen and oxygen atoms in total. The molecule has 7 heteroatoms. The van der Waals surface area contributed by atoms with Crippen LogP contribution in [0, 0.1) is 0 Å². The van der Waals surface area contributed by atoms with Crippen molar-refractivity contribution in [2.24, 2.45) is 5.73 Å². The lowest BCUT2D eigenvalue weighted by molar-refractivity contribution is -0.136. The molecule has 0 saturated carbocycles. The van der Waals surface area contributed by atoms with E-state index in [4.69, 9.17) is 10.8 Å². The fourth-order valence-electron chi connectivity index (χ4n) is 1.71. The number of aliphatic carboxylic acids is 1. The second-order valence-corrected chi connectivity index (χ2v) is 4.98. The van der Waals surface area contributed by atoms with Gasteiger partial charge < -0.3 is 10.8 Å². The third-order valence-electron chi connectivity index (χ3n) is 2.40. The summed E-state index contributed by atoms with van der Waals surface area (Å²) in [6.45, 7) is -0.330. The minimum atomic E-state index is -1.03. The van der Waals surface area contributed by atoms with Crippen LogP contribution in [-0.2, 0) is 9.59 Å². The van der Waals surface area contributed by atoms with E-state index in [1.54, 1.807) is 12.1 Å². The minimum absolute atomic E-state index is 0. The Morgan fingerprint density at radius 3 is 2.83 bits per heavy atom. The molecule has 98 valence electrons. The molecule has 0 spiro atoms. The summed E-state index contributed by atoms with van der Waals surface area (Å²) >= 11 is 1.39. The first kappa shape index (κ1) is 14.8. The van der Waals surface area contributed by atoms with Gasteiger partial charge in [0, 0.05) is 4.90 Å². The average molecular weight is 289 g/mol. The normalized spacial score (nSPS) is 18.6. The maximum Gasteiger partial charge on any atom is 0.323 e. The van der Waals surface area contributed by atoms with Crippen molar-refractivity contribution in [1.82, 2.24) is 0 Å². The molecular formula is C11H13ClN2O3S. The summed E-state index contributed by atoms with van der Waals surface area (Å²) in [5.41, 5.74) is 6.42. The van der Waals surface area contributed by atoms with Crippen molar-refractivity contribution in [3.05, 3.63) is 24.3 Å². The Bertz CT molecular complexity index is 469. The molecule has 1 aliphatic rings. The molecule has 1 atom stereocenters. The van der Waals surface area contributed by atoms with Crippen LogP contribution in [0.1, 0.15) is 6.42 Å². The third kappa shape index (κ3) is 3.16. The molecule has 1 aromatic rings. The van der Waals surface area contributed by atoms with E-state index in [-0.39, 0.29) is 36.7 Å². The number of hydrogen-bond acceptors (Lipinski definition) is 4. The number of anilines is 1. The van der Waals surface area contributed by atoms with Gasteiger partial charge in [-0.3, -0.25) is 14.5 Å². The van der Waals surface area contributed by atoms with E-state index in [1.165, 1.54) is 16.7 Å². The topological polar surface area (TPSA) is 83.6 Å². The number of benzene rings is 1. The number of carboxylic acids is 1. The van der Waals surface area contributed by atoms with Crippen LogP contribution in [0.25, 0.3) is 0 Å². The summed E-state index contributed by atoms with van der Waals surface area (Å²) in [5, 5.41) is 8.50. The quantitative estimate of drug-likeness (QED) is 0.857. The second kappa shape index (κ2) is 6.08. The Balaban J connectivity index is 0.00000162. The molecule has 0 aromatic heterocycles. The predicted octanol–water partition coefficient (Wildman–Crippen LogP) is 1.31. The van der Waals surface area contributed by atoms with Gasteiger partial charge in [0.2, 0.25) is 5.91 Å². The zero-order valence-corrected chi connectivity index (χ0v) is 11.0. The molecule has 1 aliphatic heterocycles. The van der Waals surface area contributed by atoms with Gasteiger partial charge in [0.1, 0.15) is 6.54 Å². The SMILES string of the molecule is Cl.NC1CC(=O)N(CC(=O)O)c2ccccc2S1. The van der Waals surface area contributed by atoms with Crippen LogP contribution in [0.4, 0.5) is 5.69 Å². The first-order valence-corrected chi connectivity index (χ1v) is 5.99. The summed E-state index contributed by atoms with van der Waals surface area (Å²) in [6.07, 6.45) is 0.145. The van der Waals surface area contributed by atoms with E-state index in [9.17, 15) is 9.59 Å². The lowest BCUT2D eigenvalue weighted by Crippen LogP contribution is -2.37. The summed E-state index contributed by atoms with van der Waals surface area (Å²) in [4.78, 5) is 24.8. The summed E-state index contributed by atoms with van der Waals surface area (Å²) < 4.78 is 0. The van der Waals surface area contributed by atoms with Crippen LogP contribution in [0.5, 0.6) is 0 Å². The molecule has 18 heavy (non-hydrogen) atoms. The highest BCUT2D eigenvalue weighted by molar-refractivity contribution is 8.00. The average Bonchev–Trinajstić information content (AvgIpc) is 2.36. The van der Waals surface area contributed by atoms with Crippen LogP contribution in [-0.4, -0.2) is 28.9 Å². The maximum atomic E-state index is 11.9. The van der Waals surface area contributed by atoms with Crippen LogP contribution >= 0.6 is 24.2 Å². The molecule has 0 bridgehead atoms. The van der Waals surface area contributed by atoms with Crippen LogP contribution in [0.15, 0.2) is 29.2 Å². The second-order valence-electron chi connectivity index (χ2n) is 3.70. The Labute approximate surface area is 115 Å². The van der Waals surface area contributed by atoms with Gasteiger partial charge in [-0.15, -0.1) is 24.2 Å². The summed E-state index contributed by atoms with van der Waals surface area (Å²) in [7, 11) is 0. The Hall–Kier alpha value is -1.24. The minimum Gasteiger partial charge on any atom is -0.480 e. The molecule has 0 fully saturated rings. The molecule has 0 aliphatic carbocycles. The number of carboxylic acid groups (broad SMARTS) is 1. The van der Waals surface area contributed by atoms with Gasteiger partial charge >= 0.3 is 5.97 Å². The Morgan fingerprint density at radius 1 is 1.50 bits per heavy atom. The lowest BCUT2D eigenvalue weighted by atomic mass is 10.2. The molecule has 0 radical (unpaired) electrons. The number of hydrogen-bond donors (Lipinski definition) is 2. The van der Waals surface area contributed by atoms with Gasteiger partial charge in [-0.05, 0) is 12.1 Å². The number of rotatable bonds is 2. The van der Waals surface area contributed by atoms with E-state index < -0.39 is 5.97 Å². The van der Waals surface area contributed by atoms with E-state index in [0.717, 1.165) is 4.90 Å². The van der Waals surface area contributed by atoms with E-state index >= 15 is 0 Å². The number of carbonyl (C=O) groups excluding carboxylic acids is 1. The highest BCUT2D eigenvalue weighted by Gasteiger charge is 2.27. The monoisotopic (exact) mass is 288 g/mol. The van der Waals surface area contributed by atoms with Gasteiger partial charge in [-0.2, -0.15) is 0 Å². The van der Waals surface area contributed by atoms with E-state index in [2.05, 4.69) is 0 Å². The molecular weight excluding hydrogens is 276 g/mol.